The fourth-order valence-corrected chi connectivity index (χ4v) is 2.94. The Morgan fingerprint density at radius 3 is 2.53 bits per heavy atom. The van der Waals surface area contributed by atoms with Gasteiger partial charge >= 0.3 is 11.8 Å². The van der Waals surface area contributed by atoms with Crippen LogP contribution in [0, 0.1) is 6.92 Å². The van der Waals surface area contributed by atoms with E-state index in [-0.39, 0.29) is 18.6 Å². The molecular formula is C23H26N4O5. The maximum atomic E-state index is 12.0. The lowest BCUT2D eigenvalue weighted by Gasteiger charge is -2.09. The SMILES string of the molecule is Cc1ccc(NC(=O)COc2ccc(/C=N\NC(=O)C(=O)NC[C@H]3CCCO3)cc2)cc1. The summed E-state index contributed by atoms with van der Waals surface area (Å²) >= 11 is 0. The number of nitrogens with zero attached hydrogens (tertiary/aromatic N) is 1. The highest BCUT2D eigenvalue weighted by molar-refractivity contribution is 6.35. The number of hydrogen-bond acceptors (Lipinski definition) is 6. The maximum absolute atomic E-state index is 12.0. The molecule has 1 saturated heterocycles. The summed E-state index contributed by atoms with van der Waals surface area (Å²) in [6.07, 6.45) is 3.20. The highest BCUT2D eigenvalue weighted by atomic mass is 16.5. The molecule has 0 unspecified atom stereocenters. The summed E-state index contributed by atoms with van der Waals surface area (Å²) in [6.45, 7) is 2.84. The second-order valence-electron chi connectivity index (χ2n) is 7.32. The van der Waals surface area contributed by atoms with E-state index in [1.54, 1.807) is 24.3 Å². The van der Waals surface area contributed by atoms with Gasteiger partial charge in [-0.3, -0.25) is 14.4 Å². The van der Waals surface area contributed by atoms with Gasteiger partial charge in [0.25, 0.3) is 5.91 Å². The number of rotatable bonds is 8. The maximum Gasteiger partial charge on any atom is 0.329 e. The van der Waals surface area contributed by atoms with Crippen LogP contribution in [0.15, 0.2) is 53.6 Å². The zero-order valence-corrected chi connectivity index (χ0v) is 17.8. The largest absolute Gasteiger partial charge is 0.484 e. The van der Waals surface area contributed by atoms with E-state index in [0.29, 0.717) is 30.2 Å². The molecular weight excluding hydrogens is 412 g/mol. The van der Waals surface area contributed by atoms with Crippen molar-refractivity contribution in [2.45, 2.75) is 25.9 Å². The van der Waals surface area contributed by atoms with Gasteiger partial charge in [-0.15, -0.1) is 0 Å². The first-order valence-corrected chi connectivity index (χ1v) is 10.3. The third-order valence-corrected chi connectivity index (χ3v) is 4.69. The molecule has 1 aliphatic rings. The van der Waals surface area contributed by atoms with Crippen molar-refractivity contribution in [3.8, 4) is 5.75 Å². The minimum atomic E-state index is -0.848. The van der Waals surface area contributed by atoms with E-state index in [1.807, 2.05) is 31.2 Å². The standard InChI is InChI=1S/C23H26N4O5/c1-16-4-8-18(9-5-16)26-21(28)15-32-19-10-6-17(7-11-19)13-25-27-23(30)22(29)24-14-20-3-2-12-31-20/h4-11,13,20H,2-3,12,14-15H2,1H3,(H,24,29)(H,26,28)(H,27,30)/b25-13-/t20-/m1/s1. The zero-order valence-electron chi connectivity index (χ0n) is 17.8. The van der Waals surface area contributed by atoms with E-state index >= 15 is 0 Å². The van der Waals surface area contributed by atoms with E-state index in [1.165, 1.54) is 6.21 Å². The van der Waals surface area contributed by atoms with Crippen LogP contribution in [0.2, 0.25) is 0 Å². The minimum absolute atomic E-state index is 0.0373. The van der Waals surface area contributed by atoms with E-state index < -0.39 is 11.8 Å². The fraction of sp³-hybridized carbons (Fsp3) is 0.304. The van der Waals surface area contributed by atoms with Gasteiger partial charge in [0.05, 0.1) is 12.3 Å². The number of aryl methyl sites for hydroxylation is 1. The molecule has 0 radical (unpaired) electrons. The summed E-state index contributed by atoms with van der Waals surface area (Å²) in [5.74, 6) is -1.36. The molecule has 1 atom stereocenters. The van der Waals surface area contributed by atoms with Gasteiger partial charge in [-0.2, -0.15) is 5.10 Å². The van der Waals surface area contributed by atoms with Gasteiger partial charge in [-0.05, 0) is 61.7 Å². The van der Waals surface area contributed by atoms with Crippen LogP contribution in [0.5, 0.6) is 5.75 Å². The van der Waals surface area contributed by atoms with Crippen molar-refractivity contribution < 1.29 is 23.9 Å². The van der Waals surface area contributed by atoms with Crippen LogP contribution in [-0.2, 0) is 19.1 Å². The molecule has 32 heavy (non-hydrogen) atoms. The summed E-state index contributed by atoms with van der Waals surface area (Å²) in [5.41, 5.74) is 4.68. The number of carbonyl (C=O) groups excluding carboxylic acids is 3. The van der Waals surface area contributed by atoms with Crippen LogP contribution in [0.1, 0.15) is 24.0 Å². The Morgan fingerprint density at radius 1 is 1.09 bits per heavy atom. The second kappa shape index (κ2) is 11.6. The quantitative estimate of drug-likeness (QED) is 0.330. The number of carbonyl (C=O) groups is 3. The average molecular weight is 438 g/mol. The van der Waals surface area contributed by atoms with Crippen LogP contribution in [0.3, 0.4) is 0 Å². The molecule has 3 N–H and O–H groups in total. The lowest BCUT2D eigenvalue weighted by Crippen LogP contribution is -2.41. The topological polar surface area (TPSA) is 118 Å². The molecule has 0 bridgehead atoms. The number of anilines is 1. The first-order chi connectivity index (χ1) is 15.5. The van der Waals surface area contributed by atoms with Crippen LogP contribution >= 0.6 is 0 Å². The van der Waals surface area contributed by atoms with Crippen molar-refractivity contribution >= 4 is 29.6 Å². The molecule has 3 rings (SSSR count). The molecule has 9 heteroatoms. The third-order valence-electron chi connectivity index (χ3n) is 4.69. The van der Waals surface area contributed by atoms with Crippen LogP contribution < -0.4 is 20.8 Å². The molecule has 1 aliphatic heterocycles. The van der Waals surface area contributed by atoms with Gasteiger partial charge in [-0.25, -0.2) is 5.43 Å². The summed E-state index contributed by atoms with van der Waals surface area (Å²) in [4.78, 5) is 35.5. The molecule has 0 saturated carbocycles. The number of hydrazone groups is 1. The van der Waals surface area contributed by atoms with Gasteiger partial charge in [-0.1, -0.05) is 17.7 Å². The highest BCUT2D eigenvalue weighted by Crippen LogP contribution is 2.12. The van der Waals surface area contributed by atoms with Crippen molar-refractivity contribution in [1.29, 1.82) is 0 Å². The van der Waals surface area contributed by atoms with Crippen LogP contribution in [-0.4, -0.2) is 49.8 Å². The Morgan fingerprint density at radius 2 is 1.84 bits per heavy atom. The zero-order chi connectivity index (χ0) is 22.8. The van der Waals surface area contributed by atoms with Crippen molar-refractivity contribution in [1.82, 2.24) is 10.7 Å². The molecule has 168 valence electrons. The molecule has 2 aromatic carbocycles. The number of benzene rings is 2. The molecule has 0 spiro atoms. The van der Waals surface area contributed by atoms with E-state index in [0.717, 1.165) is 18.4 Å². The number of hydrogen-bond donors (Lipinski definition) is 3. The average Bonchev–Trinajstić information content (AvgIpc) is 3.32. The van der Waals surface area contributed by atoms with Gasteiger partial charge in [0.1, 0.15) is 5.75 Å². The Bertz CT molecular complexity index is 951. The minimum Gasteiger partial charge on any atom is -0.484 e. The molecule has 1 fully saturated rings. The molecule has 2 aromatic rings. The van der Waals surface area contributed by atoms with Gasteiger partial charge < -0.3 is 20.1 Å². The second-order valence-corrected chi connectivity index (χ2v) is 7.32. The van der Waals surface area contributed by atoms with Crippen molar-refractivity contribution in [3.63, 3.8) is 0 Å². The molecule has 9 nitrogen and oxygen atoms in total. The predicted molar refractivity (Wildman–Crippen MR) is 119 cm³/mol. The Balaban J connectivity index is 1.37. The normalized spacial score (nSPS) is 15.3. The molecule has 0 aromatic heterocycles. The number of ether oxygens (including phenoxy) is 2. The Kier molecular flexibility index (Phi) is 8.33. The fourth-order valence-electron chi connectivity index (χ4n) is 2.94. The van der Waals surface area contributed by atoms with Crippen molar-refractivity contribution in [3.05, 3.63) is 59.7 Å². The van der Waals surface area contributed by atoms with Crippen LogP contribution in [0.4, 0.5) is 5.69 Å². The lowest BCUT2D eigenvalue weighted by atomic mass is 10.2. The highest BCUT2D eigenvalue weighted by Gasteiger charge is 2.18. The molecule has 1 heterocycles. The first-order valence-electron chi connectivity index (χ1n) is 10.3. The summed E-state index contributed by atoms with van der Waals surface area (Å²) < 4.78 is 10.9. The Labute approximate surface area is 186 Å². The van der Waals surface area contributed by atoms with Gasteiger partial charge in [0.15, 0.2) is 6.61 Å². The van der Waals surface area contributed by atoms with Crippen molar-refractivity contribution in [2.24, 2.45) is 5.10 Å². The van der Waals surface area contributed by atoms with Crippen molar-refractivity contribution in [2.75, 3.05) is 25.1 Å². The van der Waals surface area contributed by atoms with Crippen LogP contribution in [0.25, 0.3) is 0 Å². The van der Waals surface area contributed by atoms with E-state index in [2.05, 4.69) is 21.2 Å². The molecule has 3 amide bonds. The van der Waals surface area contributed by atoms with E-state index in [9.17, 15) is 14.4 Å². The van der Waals surface area contributed by atoms with Gasteiger partial charge in [0.2, 0.25) is 0 Å². The van der Waals surface area contributed by atoms with E-state index in [4.69, 9.17) is 9.47 Å². The predicted octanol–water partition coefficient (Wildman–Crippen LogP) is 1.76. The molecule has 0 aliphatic carbocycles. The number of nitrogens with one attached hydrogen (secondary N) is 3. The Hall–Kier alpha value is -3.72. The third kappa shape index (κ3) is 7.51. The summed E-state index contributed by atoms with van der Waals surface area (Å²) in [6, 6.07) is 14.3. The van der Waals surface area contributed by atoms with Gasteiger partial charge in [0, 0.05) is 18.8 Å². The monoisotopic (exact) mass is 438 g/mol. The number of amides is 3. The summed E-state index contributed by atoms with van der Waals surface area (Å²) in [5, 5.41) is 9.06. The summed E-state index contributed by atoms with van der Waals surface area (Å²) in [7, 11) is 0. The lowest BCUT2D eigenvalue weighted by molar-refractivity contribution is -0.139. The smallest absolute Gasteiger partial charge is 0.329 e. The first kappa shape index (κ1) is 23.0.